The summed E-state index contributed by atoms with van der Waals surface area (Å²) in [6, 6.07) is 19.7. The molecule has 6 rings (SSSR count). The Balaban J connectivity index is 1.24. The second-order valence-electron chi connectivity index (χ2n) is 8.43. The zero-order valence-corrected chi connectivity index (χ0v) is 19.3. The molecule has 8 nitrogen and oxygen atoms in total. The smallest absolute Gasteiger partial charge is 0.245 e. The first kappa shape index (κ1) is 21.0. The van der Waals surface area contributed by atoms with Gasteiger partial charge in [-0.1, -0.05) is 36.4 Å². The van der Waals surface area contributed by atoms with Gasteiger partial charge in [0, 0.05) is 62.3 Å². The van der Waals surface area contributed by atoms with E-state index in [0.717, 1.165) is 22.6 Å². The number of benzene rings is 1. The van der Waals surface area contributed by atoms with Crippen molar-refractivity contribution < 1.29 is 8.42 Å². The van der Waals surface area contributed by atoms with Gasteiger partial charge in [0.15, 0.2) is 0 Å². The molecule has 5 aromatic rings. The van der Waals surface area contributed by atoms with Crippen molar-refractivity contribution in [3.63, 3.8) is 0 Å². The molecule has 1 fully saturated rings. The maximum Gasteiger partial charge on any atom is 0.245 e. The molecule has 1 saturated heterocycles. The summed E-state index contributed by atoms with van der Waals surface area (Å²) in [5.41, 5.74) is 4.65. The van der Waals surface area contributed by atoms with E-state index in [1.165, 1.54) is 0 Å². The lowest BCUT2D eigenvalue weighted by Crippen LogP contribution is -2.48. The highest BCUT2D eigenvalue weighted by Crippen LogP contribution is 2.28. The van der Waals surface area contributed by atoms with Crippen LogP contribution in [0.2, 0.25) is 0 Å². The van der Waals surface area contributed by atoms with Gasteiger partial charge in [0.1, 0.15) is 16.2 Å². The van der Waals surface area contributed by atoms with Crippen LogP contribution in [-0.4, -0.2) is 63.2 Å². The van der Waals surface area contributed by atoms with Crippen LogP contribution in [0, 0.1) is 0 Å². The second-order valence-corrected chi connectivity index (χ2v) is 10.3. The lowest BCUT2D eigenvalue weighted by atomic mass is 10.1. The van der Waals surface area contributed by atoms with E-state index < -0.39 is 10.0 Å². The summed E-state index contributed by atoms with van der Waals surface area (Å²) >= 11 is 0. The van der Waals surface area contributed by atoms with Crippen LogP contribution < -0.4 is 0 Å². The number of rotatable bonds is 5. The minimum atomic E-state index is -3.60. The van der Waals surface area contributed by atoms with Crippen molar-refractivity contribution >= 4 is 26.7 Å². The fraction of sp³-hybridized carbons (Fsp3) is 0.200. The molecule has 172 valence electrons. The number of nitrogens with one attached hydrogen (secondary N) is 1. The Kier molecular flexibility index (Phi) is 5.17. The minimum Gasteiger partial charge on any atom is -0.345 e. The van der Waals surface area contributed by atoms with Crippen molar-refractivity contribution in [1.82, 2.24) is 28.6 Å². The summed E-state index contributed by atoms with van der Waals surface area (Å²) in [5.74, 6) is 0. The number of fused-ring (bicyclic) bond motifs is 2. The average molecular weight is 473 g/mol. The van der Waals surface area contributed by atoms with E-state index in [9.17, 15) is 8.42 Å². The molecular formula is C25H24N6O2S. The van der Waals surface area contributed by atoms with Crippen LogP contribution in [0.4, 0.5) is 0 Å². The molecule has 34 heavy (non-hydrogen) atoms. The van der Waals surface area contributed by atoms with Crippen molar-refractivity contribution in [2.75, 3.05) is 26.2 Å². The SMILES string of the molecule is O=S(=O)(c1c[nH]c2ncccc12)N1CCN(Cc2c(-c3ccccc3)nc3ccccn23)CC1. The molecule has 0 amide bonds. The van der Waals surface area contributed by atoms with E-state index in [4.69, 9.17) is 4.98 Å². The zero-order valence-electron chi connectivity index (χ0n) is 18.5. The van der Waals surface area contributed by atoms with Gasteiger partial charge >= 0.3 is 0 Å². The van der Waals surface area contributed by atoms with Gasteiger partial charge in [-0.3, -0.25) is 4.90 Å². The highest BCUT2D eigenvalue weighted by atomic mass is 32.2. The zero-order chi connectivity index (χ0) is 23.1. The van der Waals surface area contributed by atoms with Crippen LogP contribution in [0.1, 0.15) is 5.69 Å². The van der Waals surface area contributed by atoms with E-state index in [-0.39, 0.29) is 4.90 Å². The highest BCUT2D eigenvalue weighted by Gasteiger charge is 2.31. The molecule has 0 atom stereocenters. The molecule has 1 aliphatic rings. The number of nitrogens with zero attached hydrogens (tertiary/aromatic N) is 5. The predicted octanol–water partition coefficient (Wildman–Crippen LogP) is 3.38. The summed E-state index contributed by atoms with van der Waals surface area (Å²) in [4.78, 5) is 14.7. The lowest BCUT2D eigenvalue weighted by Gasteiger charge is -2.33. The van der Waals surface area contributed by atoms with Crippen LogP contribution in [0.15, 0.2) is 84.1 Å². The van der Waals surface area contributed by atoms with Gasteiger partial charge in [-0.05, 0) is 24.3 Å². The normalized spacial score (nSPS) is 15.9. The van der Waals surface area contributed by atoms with Crippen LogP contribution in [-0.2, 0) is 16.6 Å². The Bertz CT molecular complexity index is 1570. The van der Waals surface area contributed by atoms with Gasteiger partial charge in [-0.15, -0.1) is 0 Å². The first-order valence-corrected chi connectivity index (χ1v) is 12.7. The number of piperazine rings is 1. The third-order valence-corrected chi connectivity index (χ3v) is 8.35. The van der Waals surface area contributed by atoms with Gasteiger partial charge in [-0.2, -0.15) is 4.31 Å². The summed E-state index contributed by atoms with van der Waals surface area (Å²) in [5, 5.41) is 0.628. The van der Waals surface area contributed by atoms with Crippen LogP contribution in [0.25, 0.3) is 27.9 Å². The van der Waals surface area contributed by atoms with Crippen molar-refractivity contribution in [3.8, 4) is 11.3 Å². The number of aromatic nitrogens is 4. The molecular weight excluding hydrogens is 448 g/mol. The molecule has 1 aliphatic heterocycles. The Morgan fingerprint density at radius 3 is 2.53 bits per heavy atom. The Morgan fingerprint density at radius 2 is 1.71 bits per heavy atom. The molecule has 0 bridgehead atoms. The van der Waals surface area contributed by atoms with Gasteiger partial charge in [0.2, 0.25) is 10.0 Å². The number of pyridine rings is 2. The largest absolute Gasteiger partial charge is 0.345 e. The molecule has 5 heterocycles. The number of aromatic amines is 1. The highest BCUT2D eigenvalue weighted by molar-refractivity contribution is 7.89. The van der Waals surface area contributed by atoms with Crippen molar-refractivity contribution in [2.24, 2.45) is 0 Å². The molecule has 0 unspecified atom stereocenters. The minimum absolute atomic E-state index is 0.289. The third-order valence-electron chi connectivity index (χ3n) is 6.41. The van der Waals surface area contributed by atoms with Crippen molar-refractivity contribution in [2.45, 2.75) is 11.4 Å². The molecule has 1 aromatic carbocycles. The van der Waals surface area contributed by atoms with Gasteiger partial charge in [0.25, 0.3) is 0 Å². The number of hydrogen-bond acceptors (Lipinski definition) is 5. The molecule has 0 spiro atoms. The Hall–Kier alpha value is -3.53. The number of hydrogen-bond donors (Lipinski definition) is 1. The summed E-state index contributed by atoms with van der Waals surface area (Å²) in [6.07, 6.45) is 5.23. The molecule has 9 heteroatoms. The fourth-order valence-electron chi connectivity index (χ4n) is 4.65. The lowest BCUT2D eigenvalue weighted by molar-refractivity contribution is 0.180. The molecule has 0 aliphatic carbocycles. The number of sulfonamides is 1. The van der Waals surface area contributed by atoms with E-state index in [1.807, 2.05) is 42.6 Å². The van der Waals surface area contributed by atoms with Gasteiger partial charge in [0.05, 0.1) is 11.4 Å². The van der Waals surface area contributed by atoms with E-state index in [1.54, 1.807) is 28.8 Å². The summed E-state index contributed by atoms with van der Waals surface area (Å²) in [7, 11) is -3.60. The summed E-state index contributed by atoms with van der Waals surface area (Å²) < 4.78 is 30.4. The third kappa shape index (κ3) is 3.58. The Morgan fingerprint density at radius 1 is 0.912 bits per heavy atom. The van der Waals surface area contributed by atoms with E-state index >= 15 is 0 Å². The van der Waals surface area contributed by atoms with Gasteiger partial charge < -0.3 is 9.38 Å². The van der Waals surface area contributed by atoms with E-state index in [2.05, 4.69) is 31.4 Å². The van der Waals surface area contributed by atoms with Crippen LogP contribution in [0.3, 0.4) is 0 Å². The number of H-pyrrole nitrogens is 1. The van der Waals surface area contributed by atoms with Crippen LogP contribution >= 0.6 is 0 Å². The standard InChI is InChI=1S/C25H24N6O2S/c32-34(33,22-17-27-25-20(22)9-6-11-26-25)30-15-13-29(14-16-30)18-21-24(19-7-2-1-3-8-19)28-23-10-4-5-12-31(21)23/h1-12,17H,13-16,18H2,(H,26,27). The topological polar surface area (TPSA) is 86.6 Å². The molecule has 0 saturated carbocycles. The fourth-order valence-corrected chi connectivity index (χ4v) is 6.22. The number of imidazole rings is 1. The first-order valence-electron chi connectivity index (χ1n) is 11.3. The summed E-state index contributed by atoms with van der Waals surface area (Å²) in [6.45, 7) is 2.86. The second kappa shape index (κ2) is 8.35. The maximum absolute atomic E-state index is 13.3. The molecule has 4 aromatic heterocycles. The first-order chi connectivity index (χ1) is 16.6. The van der Waals surface area contributed by atoms with E-state index in [0.29, 0.717) is 43.8 Å². The van der Waals surface area contributed by atoms with Gasteiger partial charge in [-0.25, -0.2) is 18.4 Å². The predicted molar refractivity (Wildman–Crippen MR) is 131 cm³/mol. The average Bonchev–Trinajstić information content (AvgIpc) is 3.48. The molecule has 1 N–H and O–H groups in total. The quantitative estimate of drug-likeness (QED) is 0.424. The monoisotopic (exact) mass is 472 g/mol. The Labute approximate surface area is 197 Å². The maximum atomic E-state index is 13.3. The van der Waals surface area contributed by atoms with Crippen molar-refractivity contribution in [1.29, 1.82) is 0 Å². The van der Waals surface area contributed by atoms with Crippen LogP contribution in [0.5, 0.6) is 0 Å². The molecule has 0 radical (unpaired) electrons. The van der Waals surface area contributed by atoms with Crippen molar-refractivity contribution in [3.05, 3.63) is 84.9 Å².